The normalized spacial score (nSPS) is 25.3. The molecule has 2 fully saturated rings. The summed E-state index contributed by atoms with van der Waals surface area (Å²) < 4.78 is 0. The smallest absolute Gasteiger partial charge is 0.239 e. The van der Waals surface area contributed by atoms with Gasteiger partial charge in [-0.3, -0.25) is 14.5 Å². The highest BCUT2D eigenvalue weighted by molar-refractivity contribution is 5.87. The summed E-state index contributed by atoms with van der Waals surface area (Å²) in [7, 11) is 0. The lowest BCUT2D eigenvalue weighted by molar-refractivity contribution is -0.127. The van der Waals surface area contributed by atoms with E-state index in [1.165, 1.54) is 12.8 Å². The predicted octanol–water partition coefficient (Wildman–Crippen LogP) is 0.671. The zero-order valence-electron chi connectivity index (χ0n) is 14.1. The van der Waals surface area contributed by atoms with Gasteiger partial charge in [0.15, 0.2) is 0 Å². The number of halogens is 2. The standard InChI is InChI=1S/C15H28N4O2.2ClH/c1-9(2)14(16)15(21)17-7-13(20)18-11-6-10(3)19(8-11)12-4-5-12;;/h9-12,14H,4-8,16H2,1-3H3,(H,17,21)(H,18,20);2*1H/t10?,11?,14-;;/m0../s1. The molecule has 2 unspecified atom stereocenters. The number of nitrogens with zero attached hydrogens (tertiary/aromatic N) is 1. The summed E-state index contributed by atoms with van der Waals surface area (Å²) in [5, 5.41) is 5.61. The Kier molecular flexibility index (Phi) is 9.43. The molecule has 0 aromatic rings. The van der Waals surface area contributed by atoms with E-state index < -0.39 is 6.04 Å². The third-order valence-corrected chi connectivity index (χ3v) is 4.45. The summed E-state index contributed by atoms with van der Waals surface area (Å²) in [4.78, 5) is 26.1. The number of nitrogens with two attached hydrogens (primary N) is 1. The van der Waals surface area contributed by atoms with Gasteiger partial charge in [-0.1, -0.05) is 13.8 Å². The molecular weight excluding hydrogens is 339 g/mol. The van der Waals surface area contributed by atoms with Crippen molar-refractivity contribution in [1.29, 1.82) is 0 Å². The van der Waals surface area contributed by atoms with Gasteiger partial charge in [0, 0.05) is 24.7 Å². The first-order valence-corrected chi connectivity index (χ1v) is 7.97. The molecule has 0 bridgehead atoms. The minimum Gasteiger partial charge on any atom is -0.350 e. The van der Waals surface area contributed by atoms with Gasteiger partial charge in [0.05, 0.1) is 12.6 Å². The second kappa shape index (κ2) is 9.67. The van der Waals surface area contributed by atoms with Gasteiger partial charge >= 0.3 is 0 Å². The van der Waals surface area contributed by atoms with E-state index in [9.17, 15) is 9.59 Å². The maximum Gasteiger partial charge on any atom is 0.239 e. The van der Waals surface area contributed by atoms with Crippen LogP contribution in [-0.2, 0) is 9.59 Å². The Labute approximate surface area is 151 Å². The molecular formula is C15H30Cl2N4O2. The number of likely N-dealkylation sites (tertiary alicyclic amines) is 1. The quantitative estimate of drug-likeness (QED) is 0.642. The van der Waals surface area contributed by atoms with Crippen LogP contribution in [0, 0.1) is 5.92 Å². The summed E-state index contributed by atoms with van der Waals surface area (Å²) in [5.41, 5.74) is 5.74. The van der Waals surface area contributed by atoms with Crippen molar-refractivity contribution in [1.82, 2.24) is 15.5 Å². The third-order valence-electron chi connectivity index (χ3n) is 4.45. The van der Waals surface area contributed by atoms with E-state index in [2.05, 4.69) is 22.5 Å². The average Bonchev–Trinajstić information content (AvgIpc) is 3.19. The molecule has 23 heavy (non-hydrogen) atoms. The van der Waals surface area contributed by atoms with Gasteiger partial charge in [-0.15, -0.1) is 24.8 Å². The Morgan fingerprint density at radius 3 is 2.39 bits per heavy atom. The van der Waals surface area contributed by atoms with Crippen LogP contribution in [0.15, 0.2) is 0 Å². The molecule has 136 valence electrons. The highest BCUT2D eigenvalue weighted by Gasteiger charge is 2.39. The molecule has 8 heteroatoms. The summed E-state index contributed by atoms with van der Waals surface area (Å²) in [6, 6.07) is 0.899. The minimum absolute atomic E-state index is 0. The first-order chi connectivity index (χ1) is 9.88. The second-order valence-corrected chi connectivity index (χ2v) is 6.76. The molecule has 0 aromatic heterocycles. The maximum atomic E-state index is 11.9. The average molecular weight is 369 g/mol. The lowest BCUT2D eigenvalue weighted by atomic mass is 10.1. The number of carbonyl (C=O) groups excluding carboxylic acids is 2. The van der Waals surface area contributed by atoms with Crippen LogP contribution in [0.1, 0.15) is 40.0 Å². The molecule has 1 aliphatic heterocycles. The van der Waals surface area contributed by atoms with Crippen molar-refractivity contribution in [2.24, 2.45) is 11.7 Å². The first-order valence-electron chi connectivity index (χ1n) is 7.97. The van der Waals surface area contributed by atoms with Gasteiger partial charge in [0.25, 0.3) is 0 Å². The molecule has 1 saturated carbocycles. The fraction of sp³-hybridized carbons (Fsp3) is 0.867. The molecule has 3 atom stereocenters. The van der Waals surface area contributed by atoms with Crippen molar-refractivity contribution in [2.45, 2.75) is 64.2 Å². The van der Waals surface area contributed by atoms with Crippen LogP contribution in [0.4, 0.5) is 0 Å². The van der Waals surface area contributed by atoms with E-state index >= 15 is 0 Å². The summed E-state index contributed by atoms with van der Waals surface area (Å²) >= 11 is 0. The molecule has 1 aliphatic carbocycles. The first kappa shape index (κ1) is 22.4. The maximum absolute atomic E-state index is 11.9. The van der Waals surface area contributed by atoms with Crippen LogP contribution < -0.4 is 16.4 Å². The van der Waals surface area contributed by atoms with E-state index in [0.717, 1.165) is 19.0 Å². The van der Waals surface area contributed by atoms with Gasteiger partial charge < -0.3 is 16.4 Å². The van der Waals surface area contributed by atoms with E-state index in [0.29, 0.717) is 6.04 Å². The molecule has 1 saturated heterocycles. The number of nitrogens with one attached hydrogen (secondary N) is 2. The van der Waals surface area contributed by atoms with Gasteiger partial charge in [0.2, 0.25) is 11.8 Å². The van der Waals surface area contributed by atoms with Crippen molar-refractivity contribution in [2.75, 3.05) is 13.1 Å². The topological polar surface area (TPSA) is 87.5 Å². The van der Waals surface area contributed by atoms with Crippen molar-refractivity contribution in [3.05, 3.63) is 0 Å². The molecule has 0 radical (unpaired) electrons. The van der Waals surface area contributed by atoms with E-state index in [1.54, 1.807) is 0 Å². The Bertz CT molecular complexity index is 405. The van der Waals surface area contributed by atoms with Crippen LogP contribution in [-0.4, -0.2) is 54.0 Å². The number of rotatable bonds is 6. The number of amides is 2. The zero-order valence-corrected chi connectivity index (χ0v) is 15.7. The fourth-order valence-corrected chi connectivity index (χ4v) is 2.94. The van der Waals surface area contributed by atoms with Gasteiger partial charge in [0.1, 0.15) is 0 Å². The highest BCUT2D eigenvalue weighted by atomic mass is 35.5. The Balaban J connectivity index is 0.00000242. The molecule has 1 heterocycles. The van der Waals surface area contributed by atoms with Crippen LogP contribution >= 0.6 is 24.8 Å². The van der Waals surface area contributed by atoms with Crippen molar-refractivity contribution in [3.8, 4) is 0 Å². The van der Waals surface area contributed by atoms with Crippen LogP contribution in [0.3, 0.4) is 0 Å². The number of carbonyl (C=O) groups is 2. The monoisotopic (exact) mass is 368 g/mol. The molecule has 4 N–H and O–H groups in total. The van der Waals surface area contributed by atoms with Crippen molar-refractivity contribution < 1.29 is 9.59 Å². The van der Waals surface area contributed by atoms with Gasteiger partial charge in [-0.05, 0) is 32.1 Å². The third kappa shape index (κ3) is 6.45. The van der Waals surface area contributed by atoms with E-state index in [-0.39, 0.29) is 55.1 Å². The van der Waals surface area contributed by atoms with Crippen LogP contribution in [0.25, 0.3) is 0 Å². The number of hydrogen-bond acceptors (Lipinski definition) is 4. The summed E-state index contributed by atoms with van der Waals surface area (Å²) in [5.74, 6) is -0.329. The molecule has 2 rings (SSSR count). The Hall–Kier alpha value is -0.560. The highest BCUT2D eigenvalue weighted by Crippen LogP contribution is 2.33. The zero-order chi connectivity index (χ0) is 15.6. The largest absolute Gasteiger partial charge is 0.350 e. The SMILES string of the molecule is CC(C)[C@H](N)C(=O)NCC(=O)NC1CC(C)N(C2CC2)C1.Cl.Cl. The molecule has 2 amide bonds. The molecule has 0 spiro atoms. The van der Waals surface area contributed by atoms with Crippen molar-refractivity contribution >= 4 is 36.6 Å². The lowest BCUT2D eigenvalue weighted by Crippen LogP contribution is -2.48. The second-order valence-electron chi connectivity index (χ2n) is 6.76. The van der Waals surface area contributed by atoms with Gasteiger partial charge in [-0.25, -0.2) is 0 Å². The Morgan fingerprint density at radius 1 is 1.26 bits per heavy atom. The van der Waals surface area contributed by atoms with Crippen LogP contribution in [0.2, 0.25) is 0 Å². The molecule has 0 aromatic carbocycles. The molecule has 6 nitrogen and oxygen atoms in total. The van der Waals surface area contributed by atoms with E-state index in [1.807, 2.05) is 13.8 Å². The van der Waals surface area contributed by atoms with Crippen molar-refractivity contribution in [3.63, 3.8) is 0 Å². The van der Waals surface area contributed by atoms with Crippen LogP contribution in [0.5, 0.6) is 0 Å². The summed E-state index contributed by atoms with van der Waals surface area (Å²) in [6.45, 7) is 6.92. The predicted molar refractivity (Wildman–Crippen MR) is 96.1 cm³/mol. The summed E-state index contributed by atoms with van der Waals surface area (Å²) in [6.07, 6.45) is 3.56. The lowest BCUT2D eigenvalue weighted by Gasteiger charge is -2.19. The number of hydrogen-bond donors (Lipinski definition) is 3. The van der Waals surface area contributed by atoms with E-state index in [4.69, 9.17) is 5.73 Å². The van der Waals surface area contributed by atoms with Gasteiger partial charge in [-0.2, -0.15) is 0 Å². The minimum atomic E-state index is -0.560. The fourth-order valence-electron chi connectivity index (χ4n) is 2.94. The Morgan fingerprint density at radius 2 is 1.87 bits per heavy atom. The molecule has 2 aliphatic rings.